The number of carbonyl (C=O) groups excluding carboxylic acids is 2. The molecule has 39 heavy (non-hydrogen) atoms. The van der Waals surface area contributed by atoms with E-state index >= 15 is 0 Å². The summed E-state index contributed by atoms with van der Waals surface area (Å²) >= 11 is 0. The standard InChI is InChI=1S/C32H41NO6/c1-18-16-31-14-13-23-24(29(23,3)4)22(25(31)34)15-21-17-37-30(5,6)39-27(21)32(31,36)26(18)38-28(35)33(7)19(2)20-11-9-8-10-12-20/h8-12,15-16,19,22-24,26-27,36H,13-14,17H2,1-7H3. The highest BCUT2D eigenvalue weighted by Crippen LogP contribution is 2.71. The van der Waals surface area contributed by atoms with Gasteiger partial charge in [-0.25, -0.2) is 4.79 Å². The van der Waals surface area contributed by atoms with Crippen LogP contribution in [0.4, 0.5) is 4.79 Å². The van der Waals surface area contributed by atoms with Gasteiger partial charge in [0.1, 0.15) is 6.10 Å². The van der Waals surface area contributed by atoms with Gasteiger partial charge in [0.2, 0.25) is 0 Å². The molecule has 1 heterocycles. The van der Waals surface area contributed by atoms with Crippen molar-refractivity contribution in [3.8, 4) is 0 Å². The number of carbonyl (C=O) groups is 2. The minimum atomic E-state index is -1.79. The topological polar surface area (TPSA) is 85.3 Å². The lowest BCUT2D eigenvalue weighted by Crippen LogP contribution is -2.67. The monoisotopic (exact) mass is 535 g/mol. The van der Waals surface area contributed by atoms with Crippen LogP contribution in [-0.4, -0.2) is 59.1 Å². The number of fused-ring (bicyclic) bond motifs is 5. The van der Waals surface area contributed by atoms with Gasteiger partial charge in [0, 0.05) is 13.0 Å². The fourth-order valence-corrected chi connectivity index (χ4v) is 8.22. The molecule has 7 heteroatoms. The number of hydrogen-bond acceptors (Lipinski definition) is 6. The highest BCUT2D eigenvalue weighted by atomic mass is 16.7. The zero-order valence-electron chi connectivity index (χ0n) is 24.1. The fraction of sp³-hybridized carbons (Fsp3) is 0.625. The molecule has 8 atom stereocenters. The van der Waals surface area contributed by atoms with E-state index in [-0.39, 0.29) is 35.7 Å². The highest BCUT2D eigenvalue weighted by molar-refractivity contribution is 5.95. The molecule has 7 nitrogen and oxygen atoms in total. The van der Waals surface area contributed by atoms with Gasteiger partial charge in [-0.05, 0) is 74.5 Å². The summed E-state index contributed by atoms with van der Waals surface area (Å²) in [5.74, 6) is -0.690. The summed E-state index contributed by atoms with van der Waals surface area (Å²) in [4.78, 5) is 29.7. The average Bonchev–Trinajstić information content (AvgIpc) is 3.43. The third-order valence-corrected chi connectivity index (χ3v) is 10.6. The van der Waals surface area contributed by atoms with Crippen molar-refractivity contribution in [1.82, 2.24) is 4.90 Å². The minimum absolute atomic E-state index is 0.00953. The van der Waals surface area contributed by atoms with Crippen LogP contribution in [0.3, 0.4) is 0 Å². The number of Topliss-reactive ketones (excluding diaryl/α,β-unsaturated/α-hetero) is 1. The van der Waals surface area contributed by atoms with Crippen molar-refractivity contribution in [1.29, 1.82) is 0 Å². The third kappa shape index (κ3) is 3.65. The van der Waals surface area contributed by atoms with Crippen LogP contribution >= 0.6 is 0 Å². The molecule has 2 bridgehead atoms. The smallest absolute Gasteiger partial charge is 0.410 e. The second-order valence-corrected chi connectivity index (χ2v) is 13.5. The molecule has 8 unspecified atom stereocenters. The first-order chi connectivity index (χ1) is 18.2. The Hall–Kier alpha value is -2.48. The summed E-state index contributed by atoms with van der Waals surface area (Å²) < 4.78 is 18.7. The molecule has 0 aromatic heterocycles. The molecule has 1 aromatic carbocycles. The van der Waals surface area contributed by atoms with Gasteiger partial charge < -0.3 is 24.2 Å². The molecule has 1 saturated heterocycles. The summed E-state index contributed by atoms with van der Waals surface area (Å²) in [6.07, 6.45) is 2.79. The van der Waals surface area contributed by atoms with E-state index in [1.165, 1.54) is 4.90 Å². The molecule has 210 valence electrons. The maximum absolute atomic E-state index is 14.6. The quantitative estimate of drug-likeness (QED) is 0.535. The van der Waals surface area contributed by atoms with Gasteiger partial charge >= 0.3 is 6.09 Å². The Morgan fingerprint density at radius 2 is 1.87 bits per heavy atom. The minimum Gasteiger partial charge on any atom is -0.438 e. The lowest BCUT2D eigenvalue weighted by molar-refractivity contribution is -0.300. The first-order valence-corrected chi connectivity index (χ1v) is 14.2. The Kier molecular flexibility index (Phi) is 5.83. The van der Waals surface area contributed by atoms with E-state index < -0.39 is 35.1 Å². The Labute approximate surface area is 231 Å². The van der Waals surface area contributed by atoms with Gasteiger partial charge in [-0.1, -0.05) is 56.3 Å². The third-order valence-electron chi connectivity index (χ3n) is 10.6. The average molecular weight is 536 g/mol. The summed E-state index contributed by atoms with van der Waals surface area (Å²) in [5, 5.41) is 13.0. The van der Waals surface area contributed by atoms with E-state index in [0.717, 1.165) is 17.6 Å². The normalized spacial score (nSPS) is 40.0. The Bertz CT molecular complexity index is 1270. The molecule has 1 spiro atoms. The van der Waals surface area contributed by atoms with Crippen molar-refractivity contribution in [2.45, 2.75) is 84.0 Å². The first kappa shape index (κ1) is 26.7. The van der Waals surface area contributed by atoms with Gasteiger partial charge in [-0.3, -0.25) is 4.79 Å². The van der Waals surface area contributed by atoms with Crippen molar-refractivity contribution >= 4 is 11.9 Å². The van der Waals surface area contributed by atoms with Crippen molar-refractivity contribution < 1.29 is 28.9 Å². The van der Waals surface area contributed by atoms with Crippen LogP contribution in [-0.2, 0) is 19.0 Å². The van der Waals surface area contributed by atoms with Crippen molar-refractivity contribution in [2.75, 3.05) is 13.7 Å². The Morgan fingerprint density at radius 1 is 1.18 bits per heavy atom. The number of ketones is 1. The molecule has 6 rings (SSSR count). The zero-order chi connectivity index (χ0) is 28.1. The SMILES string of the molecule is CC1=CC23CCC4C(C(C=C5COC(C)(C)OC5C2(O)C1OC(=O)N(C)C(C)c1ccccc1)C3=O)C4(C)C. The van der Waals surface area contributed by atoms with E-state index in [0.29, 0.717) is 17.9 Å². The number of rotatable bonds is 3. The maximum atomic E-state index is 14.6. The van der Waals surface area contributed by atoms with Crippen LogP contribution in [0.5, 0.6) is 0 Å². The van der Waals surface area contributed by atoms with E-state index in [1.807, 2.05) is 70.2 Å². The molecule has 1 aromatic rings. The van der Waals surface area contributed by atoms with Crippen molar-refractivity contribution in [3.05, 3.63) is 59.2 Å². The molecule has 4 aliphatic carbocycles. The molecule has 2 saturated carbocycles. The molecule has 1 amide bonds. The molecule has 1 aliphatic heterocycles. The Morgan fingerprint density at radius 3 is 2.56 bits per heavy atom. The maximum Gasteiger partial charge on any atom is 0.410 e. The Balaban J connectivity index is 1.41. The summed E-state index contributed by atoms with van der Waals surface area (Å²) in [6, 6.07) is 9.50. The van der Waals surface area contributed by atoms with Gasteiger partial charge in [0.15, 0.2) is 23.3 Å². The fourth-order valence-electron chi connectivity index (χ4n) is 8.22. The molecule has 0 radical (unpaired) electrons. The van der Waals surface area contributed by atoms with Crippen molar-refractivity contribution in [2.24, 2.45) is 28.6 Å². The first-order valence-electron chi connectivity index (χ1n) is 14.2. The summed E-state index contributed by atoms with van der Waals surface area (Å²) in [6.45, 7) is 12.2. The second kappa shape index (κ2) is 8.51. The van der Waals surface area contributed by atoms with E-state index in [2.05, 4.69) is 13.8 Å². The lowest BCUT2D eigenvalue weighted by atomic mass is 9.63. The molecular weight excluding hydrogens is 494 g/mol. The van der Waals surface area contributed by atoms with E-state index in [4.69, 9.17) is 14.2 Å². The van der Waals surface area contributed by atoms with Gasteiger partial charge in [0.25, 0.3) is 0 Å². The molecule has 5 aliphatic rings. The van der Waals surface area contributed by atoms with Crippen LogP contribution in [0.15, 0.2) is 53.6 Å². The second-order valence-electron chi connectivity index (χ2n) is 13.5. The van der Waals surface area contributed by atoms with Crippen molar-refractivity contribution in [3.63, 3.8) is 0 Å². The van der Waals surface area contributed by atoms with Crippen LogP contribution < -0.4 is 0 Å². The van der Waals surface area contributed by atoms with Gasteiger partial charge in [0.05, 0.1) is 18.1 Å². The van der Waals surface area contributed by atoms with Crippen LogP contribution in [0.25, 0.3) is 0 Å². The van der Waals surface area contributed by atoms with Gasteiger partial charge in [-0.15, -0.1) is 0 Å². The number of amides is 1. The number of benzene rings is 1. The zero-order valence-corrected chi connectivity index (χ0v) is 24.1. The lowest BCUT2D eigenvalue weighted by Gasteiger charge is -2.51. The number of allylic oxidation sites excluding steroid dienone is 1. The number of nitrogens with zero attached hydrogens (tertiary/aromatic N) is 1. The van der Waals surface area contributed by atoms with Gasteiger partial charge in [-0.2, -0.15) is 0 Å². The summed E-state index contributed by atoms with van der Waals surface area (Å²) in [7, 11) is 1.70. The number of ether oxygens (including phenoxy) is 3. The predicted molar refractivity (Wildman–Crippen MR) is 146 cm³/mol. The summed E-state index contributed by atoms with van der Waals surface area (Å²) in [5.41, 5.74) is -0.521. The predicted octanol–water partition coefficient (Wildman–Crippen LogP) is 5.20. The molecular formula is C32H41NO6. The number of hydrogen-bond donors (Lipinski definition) is 1. The van der Waals surface area contributed by atoms with E-state index in [1.54, 1.807) is 7.05 Å². The number of aliphatic hydroxyl groups is 1. The largest absolute Gasteiger partial charge is 0.438 e. The van der Waals surface area contributed by atoms with Crippen LogP contribution in [0.1, 0.15) is 66.0 Å². The van der Waals surface area contributed by atoms with Crippen LogP contribution in [0.2, 0.25) is 0 Å². The van der Waals surface area contributed by atoms with E-state index in [9.17, 15) is 14.7 Å². The molecule has 1 N–H and O–H groups in total. The highest BCUT2D eigenvalue weighted by Gasteiger charge is 2.75. The van der Waals surface area contributed by atoms with Crippen LogP contribution in [0, 0.1) is 28.6 Å². The molecule has 3 fully saturated rings.